The van der Waals surface area contributed by atoms with Crippen molar-refractivity contribution in [2.45, 2.75) is 63.6 Å². The molecule has 2 atom stereocenters. The molecule has 1 amide bonds. The highest BCUT2D eigenvalue weighted by molar-refractivity contribution is 7.14. The van der Waals surface area contributed by atoms with Gasteiger partial charge in [-0.1, -0.05) is 35.3 Å². The van der Waals surface area contributed by atoms with Crippen LogP contribution < -0.4 is 19.1 Å². The van der Waals surface area contributed by atoms with Gasteiger partial charge in [0.1, 0.15) is 32.9 Å². The summed E-state index contributed by atoms with van der Waals surface area (Å²) in [5, 5.41) is 19.2. The van der Waals surface area contributed by atoms with Crippen LogP contribution in [0.4, 0.5) is 32.6 Å². The molecule has 4 fully saturated rings. The van der Waals surface area contributed by atoms with Gasteiger partial charge in [0.05, 0.1) is 13.2 Å². The Hall–Kier alpha value is -4.98. The van der Waals surface area contributed by atoms with Crippen LogP contribution in [-0.2, 0) is 27.2 Å². The first kappa shape index (κ1) is 44.6. The SMILES string of the molecule is O=C(O)C(F)(F)F.O=C(O[C@@H](Cc1c(Cl)c[n+]([O-])cc1Cl)c1ccc(OC(F)F)c(OCC2CC2)c1)c1ccc(CN(C(=O)O[C@H]2CN3CCC2CC3)c2ccccn2)s1. The first-order chi connectivity index (χ1) is 28.5. The van der Waals surface area contributed by atoms with Crippen molar-refractivity contribution < 1.29 is 65.1 Å². The van der Waals surface area contributed by atoms with Crippen LogP contribution in [0.25, 0.3) is 0 Å². The molecule has 0 unspecified atom stereocenters. The maximum atomic E-state index is 13.8. The maximum absolute atomic E-state index is 13.8. The predicted molar refractivity (Wildman–Crippen MR) is 206 cm³/mol. The molecule has 4 aliphatic rings. The third kappa shape index (κ3) is 12.1. The highest BCUT2D eigenvalue weighted by Gasteiger charge is 2.39. The molecule has 2 bridgehead atoms. The number of benzene rings is 1. The van der Waals surface area contributed by atoms with Crippen molar-refractivity contribution in [3.8, 4) is 11.5 Å². The number of carboxylic acid groups (broad SMARTS) is 1. The smallest absolute Gasteiger partial charge is 0.490 e. The number of esters is 1. The predicted octanol–water partition coefficient (Wildman–Crippen LogP) is 8.49. The van der Waals surface area contributed by atoms with Crippen molar-refractivity contribution in [3.05, 3.63) is 103 Å². The van der Waals surface area contributed by atoms with Crippen LogP contribution in [-0.4, -0.2) is 78.2 Å². The molecule has 60 heavy (non-hydrogen) atoms. The standard InChI is InChI=1S/C37H36Cl2F2N4O7S.C2HF3O2/c38-27-18-44(48)19-28(39)26(27)16-30(24-6-8-29(51-36(40)41)31(15-24)49-21-22-4-5-22)50-35(46)33-9-7-25(53-33)17-45(34-3-1-2-12-42-34)37(47)52-32-20-43-13-10-23(32)11-14-43;3-2(4,5)1(6)7/h1-3,6-9,12,15,18-19,22-23,30,32,36H,4-5,10-11,13-14,16-17,20-21H2;(H,6,7)/t30-,32-;/m0./s1. The van der Waals surface area contributed by atoms with Gasteiger partial charge in [-0.2, -0.15) is 26.7 Å². The summed E-state index contributed by atoms with van der Waals surface area (Å²) in [6, 6.07) is 12.9. The van der Waals surface area contributed by atoms with Crippen molar-refractivity contribution in [1.29, 1.82) is 0 Å². The van der Waals surface area contributed by atoms with Gasteiger partial charge in [0.25, 0.3) is 0 Å². The lowest BCUT2D eigenvalue weighted by molar-refractivity contribution is -0.605. The molecule has 21 heteroatoms. The Labute approximate surface area is 353 Å². The van der Waals surface area contributed by atoms with Crippen LogP contribution in [0.3, 0.4) is 0 Å². The fourth-order valence-corrected chi connectivity index (χ4v) is 8.05. The average Bonchev–Trinajstić information content (AvgIpc) is 3.92. The second-order valence-electron chi connectivity index (χ2n) is 14.1. The topological polar surface area (TPSA) is 155 Å². The zero-order valence-corrected chi connectivity index (χ0v) is 33.7. The molecule has 3 aliphatic heterocycles. The molecule has 1 N–H and O–H groups in total. The van der Waals surface area contributed by atoms with Crippen LogP contribution >= 0.6 is 34.5 Å². The summed E-state index contributed by atoms with van der Waals surface area (Å²) in [6.45, 7) is 0.0508. The van der Waals surface area contributed by atoms with Gasteiger partial charge in [0, 0.05) is 29.6 Å². The molecular formula is C39H37Cl2F5N4O9S. The Morgan fingerprint density at radius 1 is 1.02 bits per heavy atom. The molecule has 1 aliphatic carbocycles. The number of aromatic nitrogens is 2. The monoisotopic (exact) mass is 902 g/mol. The van der Waals surface area contributed by atoms with Gasteiger partial charge in [-0.3, -0.25) is 9.80 Å². The molecular weight excluding hydrogens is 866 g/mol. The number of halogens is 7. The summed E-state index contributed by atoms with van der Waals surface area (Å²) in [5.41, 5.74) is 0.733. The van der Waals surface area contributed by atoms with E-state index in [-0.39, 0.29) is 45.5 Å². The molecule has 8 rings (SSSR count). The minimum absolute atomic E-state index is 0.0505. The number of thiophene rings is 1. The Morgan fingerprint density at radius 3 is 2.30 bits per heavy atom. The number of amides is 1. The molecule has 1 aromatic carbocycles. The molecule has 4 aromatic rings. The van der Waals surface area contributed by atoms with Crippen LogP contribution in [0.2, 0.25) is 10.0 Å². The number of anilines is 1. The number of carbonyl (C=O) groups excluding carboxylic acids is 2. The number of aliphatic carboxylic acids is 1. The Balaban J connectivity index is 0.000000793. The van der Waals surface area contributed by atoms with E-state index in [9.17, 15) is 36.7 Å². The van der Waals surface area contributed by atoms with Gasteiger partial charge in [-0.05, 0) is 92.6 Å². The minimum Gasteiger partial charge on any atom is -0.619 e. The number of nitrogens with zero attached hydrogens (tertiary/aromatic N) is 4. The summed E-state index contributed by atoms with van der Waals surface area (Å²) < 4.78 is 81.4. The van der Waals surface area contributed by atoms with E-state index in [4.69, 9.17) is 52.1 Å². The van der Waals surface area contributed by atoms with Crippen molar-refractivity contribution >= 4 is 58.4 Å². The molecule has 3 saturated heterocycles. The second kappa shape index (κ2) is 19.6. The van der Waals surface area contributed by atoms with Gasteiger partial charge < -0.3 is 29.3 Å². The van der Waals surface area contributed by atoms with Crippen LogP contribution in [0.5, 0.6) is 11.5 Å². The van der Waals surface area contributed by atoms with E-state index in [2.05, 4.69) is 9.88 Å². The van der Waals surface area contributed by atoms with Crippen molar-refractivity contribution in [3.63, 3.8) is 0 Å². The average molecular weight is 904 g/mol. The summed E-state index contributed by atoms with van der Waals surface area (Å²) in [6.07, 6.45) is 0.867. The number of piperidine rings is 3. The zero-order valence-electron chi connectivity index (χ0n) is 31.4. The van der Waals surface area contributed by atoms with E-state index in [0.717, 1.165) is 62.5 Å². The van der Waals surface area contributed by atoms with Crippen LogP contribution in [0, 0.1) is 17.0 Å². The first-order valence-electron chi connectivity index (χ1n) is 18.5. The van der Waals surface area contributed by atoms with E-state index in [1.54, 1.807) is 36.5 Å². The van der Waals surface area contributed by atoms with E-state index in [1.165, 1.54) is 23.1 Å². The molecule has 13 nitrogen and oxygen atoms in total. The third-order valence-corrected chi connectivity index (χ3v) is 11.5. The molecule has 0 spiro atoms. The summed E-state index contributed by atoms with van der Waals surface area (Å²) in [5.74, 6) is -2.50. The molecule has 0 radical (unpaired) electrons. The summed E-state index contributed by atoms with van der Waals surface area (Å²) in [4.78, 5) is 45.4. The van der Waals surface area contributed by atoms with Crippen LogP contribution in [0.1, 0.15) is 57.5 Å². The number of hydrogen-bond acceptors (Lipinski definition) is 11. The lowest BCUT2D eigenvalue weighted by Gasteiger charge is -2.44. The van der Waals surface area contributed by atoms with Crippen LogP contribution in [0.15, 0.2) is 67.1 Å². The van der Waals surface area contributed by atoms with Gasteiger partial charge in [0.15, 0.2) is 23.9 Å². The Bertz CT molecular complexity index is 2120. The summed E-state index contributed by atoms with van der Waals surface area (Å²) in [7, 11) is 0. The summed E-state index contributed by atoms with van der Waals surface area (Å²) >= 11 is 14.0. The van der Waals surface area contributed by atoms with E-state index >= 15 is 0 Å². The quantitative estimate of drug-likeness (QED) is 0.0561. The first-order valence-corrected chi connectivity index (χ1v) is 20.1. The lowest BCUT2D eigenvalue weighted by Crippen LogP contribution is -2.53. The molecule has 322 valence electrons. The minimum atomic E-state index is -5.08. The fraction of sp³-hybridized carbons (Fsp3) is 0.410. The number of hydrogen-bond donors (Lipinski definition) is 1. The Kier molecular flexibility index (Phi) is 14.6. The van der Waals surface area contributed by atoms with Crippen molar-refractivity contribution in [1.82, 2.24) is 9.88 Å². The van der Waals surface area contributed by atoms with Gasteiger partial charge >= 0.3 is 30.8 Å². The molecule has 1 saturated carbocycles. The number of ether oxygens (including phenoxy) is 4. The molecule has 6 heterocycles. The Morgan fingerprint density at radius 2 is 1.72 bits per heavy atom. The molecule has 3 aromatic heterocycles. The van der Waals surface area contributed by atoms with E-state index in [1.807, 2.05) is 0 Å². The van der Waals surface area contributed by atoms with Crippen molar-refractivity contribution in [2.75, 3.05) is 31.1 Å². The maximum Gasteiger partial charge on any atom is 0.490 e. The number of pyridine rings is 2. The van der Waals surface area contributed by atoms with E-state index < -0.39 is 36.9 Å². The second-order valence-corrected chi connectivity index (χ2v) is 16.1. The van der Waals surface area contributed by atoms with Gasteiger partial charge in [-0.15, -0.1) is 11.3 Å². The third-order valence-electron chi connectivity index (χ3n) is 9.84. The highest BCUT2D eigenvalue weighted by Crippen LogP contribution is 2.39. The van der Waals surface area contributed by atoms with Gasteiger partial charge in [0.2, 0.25) is 0 Å². The van der Waals surface area contributed by atoms with Crippen molar-refractivity contribution in [2.24, 2.45) is 11.8 Å². The normalized spacial score (nSPS) is 18.8. The van der Waals surface area contributed by atoms with E-state index in [0.29, 0.717) is 51.5 Å². The van der Waals surface area contributed by atoms with Gasteiger partial charge in [-0.25, -0.2) is 19.4 Å². The number of carboxylic acids is 1. The lowest BCUT2D eigenvalue weighted by atomic mass is 9.86. The fourth-order valence-electron chi connectivity index (χ4n) is 6.57. The number of fused-ring (bicyclic) bond motifs is 3. The number of rotatable bonds is 14. The number of alkyl halides is 5. The largest absolute Gasteiger partial charge is 0.619 e. The zero-order chi connectivity index (χ0) is 43.1. The number of carbonyl (C=O) groups is 3. The highest BCUT2D eigenvalue weighted by atomic mass is 35.5.